The van der Waals surface area contributed by atoms with Gasteiger partial charge in [-0.2, -0.15) is 0 Å². The monoisotopic (exact) mass is 366 g/mol. The number of halogens is 1. The van der Waals surface area contributed by atoms with Crippen LogP contribution < -0.4 is 0 Å². The van der Waals surface area contributed by atoms with Gasteiger partial charge >= 0.3 is 0 Å². The smallest absolute Gasteiger partial charge is 0.126 e. The van der Waals surface area contributed by atoms with Crippen molar-refractivity contribution in [1.29, 1.82) is 0 Å². The summed E-state index contributed by atoms with van der Waals surface area (Å²) in [5, 5.41) is 0. The maximum absolute atomic E-state index is 13.8. The van der Waals surface area contributed by atoms with E-state index in [9.17, 15) is 4.39 Å². The van der Waals surface area contributed by atoms with Crippen molar-refractivity contribution in [2.45, 2.75) is 100 Å². The molecule has 26 heavy (non-hydrogen) atoms. The molecule has 0 aliphatic heterocycles. The van der Waals surface area contributed by atoms with Crippen molar-refractivity contribution >= 4 is 0 Å². The van der Waals surface area contributed by atoms with Crippen LogP contribution in [0.2, 0.25) is 0 Å². The molecule has 0 heterocycles. The lowest BCUT2D eigenvalue weighted by Gasteiger charge is -2.23. The summed E-state index contributed by atoms with van der Waals surface area (Å²) in [7, 11) is 0. The summed E-state index contributed by atoms with van der Waals surface area (Å²) in [5.41, 5.74) is 1.45. The lowest BCUT2D eigenvalue weighted by Crippen LogP contribution is -2.11. The quantitative estimate of drug-likeness (QED) is 0.302. The average Bonchev–Trinajstić information content (AvgIpc) is 2.62. The Labute approximate surface area is 165 Å². The minimum absolute atomic E-state index is 0.209. The highest BCUT2D eigenvalue weighted by Gasteiger charge is 2.15. The van der Waals surface area contributed by atoms with E-state index in [4.69, 9.17) is 0 Å². The third-order valence-corrected chi connectivity index (χ3v) is 5.55. The summed E-state index contributed by atoms with van der Waals surface area (Å²) in [6.45, 7) is 25.4. The third-order valence-electron chi connectivity index (χ3n) is 5.55. The highest BCUT2D eigenvalue weighted by Crippen LogP contribution is 2.28. The van der Waals surface area contributed by atoms with Crippen LogP contribution in [0.4, 0.5) is 4.39 Å². The highest BCUT2D eigenvalue weighted by atomic mass is 19.1. The average molecular weight is 367 g/mol. The minimum atomic E-state index is -0.209. The first-order chi connectivity index (χ1) is 12.1. The first-order valence-electron chi connectivity index (χ1n) is 10.9. The van der Waals surface area contributed by atoms with Gasteiger partial charge in [-0.25, -0.2) is 4.39 Å². The van der Waals surface area contributed by atoms with Gasteiger partial charge in [0.25, 0.3) is 0 Å². The van der Waals surface area contributed by atoms with Gasteiger partial charge in [0.15, 0.2) is 0 Å². The van der Waals surface area contributed by atoms with E-state index in [1.54, 1.807) is 6.08 Å². The second-order valence-electron chi connectivity index (χ2n) is 8.26. The Morgan fingerprint density at radius 1 is 0.846 bits per heavy atom. The molecule has 0 saturated heterocycles. The standard InChI is InChI=1S/C22H39F.C3H8/c1-9-16(3)11-12-18(5)19(6)13-14-20(7)21(8)15-22(23)17(4)10-2;1-3-2/h15-16,18-20H,4,8-14H2,1-3,5-7H3;3H2,1-2H3/b22-15+;. The lowest BCUT2D eigenvalue weighted by molar-refractivity contribution is 0.301. The van der Waals surface area contributed by atoms with Crippen LogP contribution in [0.5, 0.6) is 0 Å². The molecule has 0 rings (SSSR count). The summed E-state index contributed by atoms with van der Waals surface area (Å²) in [4.78, 5) is 0. The minimum Gasteiger partial charge on any atom is -0.207 e. The van der Waals surface area contributed by atoms with Gasteiger partial charge in [0, 0.05) is 0 Å². The van der Waals surface area contributed by atoms with Crippen LogP contribution in [0, 0.1) is 23.7 Å². The molecule has 4 unspecified atom stereocenters. The predicted molar refractivity (Wildman–Crippen MR) is 119 cm³/mol. The summed E-state index contributed by atoms with van der Waals surface area (Å²) in [6, 6.07) is 0. The van der Waals surface area contributed by atoms with E-state index in [0.29, 0.717) is 23.8 Å². The van der Waals surface area contributed by atoms with Crippen LogP contribution in [0.1, 0.15) is 100 Å². The van der Waals surface area contributed by atoms with Crippen LogP contribution >= 0.6 is 0 Å². The van der Waals surface area contributed by atoms with Gasteiger partial charge in [-0.15, -0.1) is 0 Å². The molecule has 0 bridgehead atoms. The van der Waals surface area contributed by atoms with E-state index in [0.717, 1.165) is 23.8 Å². The number of allylic oxidation sites excluding steroid dienone is 4. The third kappa shape index (κ3) is 13.4. The van der Waals surface area contributed by atoms with Gasteiger partial charge in [-0.1, -0.05) is 94.2 Å². The Bertz CT molecular complexity index is 404. The van der Waals surface area contributed by atoms with Gasteiger partial charge < -0.3 is 0 Å². The van der Waals surface area contributed by atoms with Gasteiger partial charge in [-0.05, 0) is 60.2 Å². The summed E-state index contributed by atoms with van der Waals surface area (Å²) in [5.74, 6) is 2.43. The van der Waals surface area contributed by atoms with Crippen molar-refractivity contribution in [3.05, 3.63) is 36.2 Å². The zero-order valence-electron chi connectivity index (χ0n) is 19.1. The fourth-order valence-electron chi connectivity index (χ4n) is 2.59. The van der Waals surface area contributed by atoms with Crippen molar-refractivity contribution in [3.8, 4) is 0 Å². The van der Waals surface area contributed by atoms with Gasteiger partial charge in [0.2, 0.25) is 0 Å². The highest BCUT2D eigenvalue weighted by molar-refractivity contribution is 5.30. The predicted octanol–water partition coefficient (Wildman–Crippen LogP) is 9.29. The molecule has 154 valence electrons. The molecular formula is C25H47F. The number of hydrogen-bond acceptors (Lipinski definition) is 0. The van der Waals surface area contributed by atoms with Crippen LogP contribution in [-0.4, -0.2) is 0 Å². The largest absolute Gasteiger partial charge is 0.207 e. The number of hydrogen-bond donors (Lipinski definition) is 0. The molecule has 4 atom stereocenters. The van der Waals surface area contributed by atoms with E-state index in [2.05, 4.69) is 61.6 Å². The van der Waals surface area contributed by atoms with E-state index < -0.39 is 0 Å². The Hall–Kier alpha value is -0.850. The Balaban J connectivity index is 0. The zero-order valence-corrected chi connectivity index (χ0v) is 19.1. The maximum Gasteiger partial charge on any atom is 0.126 e. The van der Waals surface area contributed by atoms with Gasteiger partial charge in [0.05, 0.1) is 0 Å². The second-order valence-corrected chi connectivity index (χ2v) is 8.26. The molecule has 0 aromatic heterocycles. The van der Waals surface area contributed by atoms with Crippen molar-refractivity contribution in [2.75, 3.05) is 0 Å². The first-order valence-corrected chi connectivity index (χ1v) is 10.9. The van der Waals surface area contributed by atoms with Crippen LogP contribution in [-0.2, 0) is 0 Å². The molecular weight excluding hydrogens is 319 g/mol. The fraction of sp³-hybridized carbons (Fsp3) is 0.760. The summed E-state index contributed by atoms with van der Waals surface area (Å²) in [6.07, 6.45) is 9.66. The van der Waals surface area contributed by atoms with E-state index >= 15 is 0 Å². The molecule has 0 saturated carbocycles. The van der Waals surface area contributed by atoms with Crippen molar-refractivity contribution in [2.24, 2.45) is 23.7 Å². The molecule has 0 radical (unpaired) electrons. The molecule has 0 aromatic carbocycles. The topological polar surface area (TPSA) is 0 Å². The molecule has 0 amide bonds. The molecule has 1 heteroatoms. The van der Waals surface area contributed by atoms with E-state index in [-0.39, 0.29) is 5.83 Å². The Morgan fingerprint density at radius 3 is 1.73 bits per heavy atom. The van der Waals surface area contributed by atoms with Gasteiger partial charge in [-0.3, -0.25) is 0 Å². The van der Waals surface area contributed by atoms with E-state index in [1.807, 2.05) is 6.92 Å². The maximum atomic E-state index is 13.8. The normalized spacial score (nSPS) is 16.1. The van der Waals surface area contributed by atoms with Crippen molar-refractivity contribution in [3.63, 3.8) is 0 Å². The SMILES string of the molecule is C=C(CC)/C(F)=C\C(=C)C(C)CCC(C)C(C)CCC(C)CC.CCC. The van der Waals surface area contributed by atoms with Crippen LogP contribution in [0.25, 0.3) is 0 Å². The summed E-state index contributed by atoms with van der Waals surface area (Å²) >= 11 is 0. The molecule has 0 nitrogen and oxygen atoms in total. The second kappa shape index (κ2) is 16.3. The first kappa shape index (κ1) is 27.4. The molecule has 0 aliphatic rings. The Morgan fingerprint density at radius 2 is 1.31 bits per heavy atom. The fourth-order valence-corrected chi connectivity index (χ4v) is 2.59. The van der Waals surface area contributed by atoms with Crippen molar-refractivity contribution in [1.82, 2.24) is 0 Å². The molecule has 0 aliphatic carbocycles. The van der Waals surface area contributed by atoms with E-state index in [1.165, 1.54) is 32.1 Å². The van der Waals surface area contributed by atoms with Gasteiger partial charge in [0.1, 0.15) is 5.83 Å². The summed E-state index contributed by atoms with van der Waals surface area (Å²) < 4.78 is 13.8. The van der Waals surface area contributed by atoms with Crippen LogP contribution in [0.3, 0.4) is 0 Å². The number of rotatable bonds is 12. The molecule has 0 N–H and O–H groups in total. The molecule has 0 fully saturated rings. The molecule has 0 aromatic rings. The van der Waals surface area contributed by atoms with Crippen LogP contribution in [0.15, 0.2) is 36.2 Å². The molecule has 0 spiro atoms. The lowest BCUT2D eigenvalue weighted by atomic mass is 9.83. The van der Waals surface area contributed by atoms with Crippen molar-refractivity contribution < 1.29 is 4.39 Å². The Kier molecular flexibility index (Phi) is 17.2. The zero-order chi connectivity index (χ0) is 20.7.